The van der Waals surface area contributed by atoms with Gasteiger partial charge in [-0.3, -0.25) is 9.88 Å². The average Bonchev–Trinajstić information content (AvgIpc) is 2.43. The number of hydrogen-bond donors (Lipinski definition) is 1. The van der Waals surface area contributed by atoms with Crippen LogP contribution in [0.5, 0.6) is 0 Å². The summed E-state index contributed by atoms with van der Waals surface area (Å²) in [5.41, 5.74) is 3.05. The molecule has 4 nitrogen and oxygen atoms in total. The van der Waals surface area contributed by atoms with Crippen molar-refractivity contribution in [1.29, 1.82) is 0 Å². The van der Waals surface area contributed by atoms with Crippen molar-refractivity contribution in [1.82, 2.24) is 9.88 Å². The van der Waals surface area contributed by atoms with Crippen molar-refractivity contribution in [2.24, 2.45) is 0 Å². The normalized spacial score (nSPS) is 15.4. The van der Waals surface area contributed by atoms with E-state index >= 15 is 0 Å². The number of aromatic nitrogens is 1. The van der Waals surface area contributed by atoms with Crippen molar-refractivity contribution in [3.8, 4) is 0 Å². The molecule has 0 amide bonds. The number of fused-ring (bicyclic) bond motifs is 2. The minimum atomic E-state index is -0.847. The van der Waals surface area contributed by atoms with Gasteiger partial charge in [0.15, 0.2) is 0 Å². The summed E-state index contributed by atoms with van der Waals surface area (Å²) in [5.74, 6) is -0.847. The van der Waals surface area contributed by atoms with Gasteiger partial charge in [-0.2, -0.15) is 0 Å². The van der Waals surface area contributed by atoms with E-state index in [-0.39, 0.29) is 0 Å². The molecule has 19 heavy (non-hydrogen) atoms. The summed E-state index contributed by atoms with van der Waals surface area (Å²) in [7, 11) is 0. The molecule has 0 unspecified atom stereocenters. The molecule has 0 spiro atoms. The van der Waals surface area contributed by atoms with Crippen molar-refractivity contribution < 1.29 is 9.90 Å². The maximum Gasteiger partial charge on any atom is 0.336 e. The molecule has 1 aromatic heterocycles. The van der Waals surface area contributed by atoms with E-state index in [4.69, 9.17) is 0 Å². The van der Waals surface area contributed by atoms with Gasteiger partial charge in [0.05, 0.1) is 16.8 Å². The maximum atomic E-state index is 11.6. The summed E-state index contributed by atoms with van der Waals surface area (Å²) >= 11 is 0. The van der Waals surface area contributed by atoms with Crippen molar-refractivity contribution >= 4 is 16.9 Å². The fourth-order valence-electron chi connectivity index (χ4n) is 2.78. The molecule has 0 radical (unpaired) electrons. The molecule has 4 heteroatoms. The molecule has 0 fully saturated rings. The first-order valence-electron chi connectivity index (χ1n) is 6.57. The Morgan fingerprint density at radius 1 is 1.42 bits per heavy atom. The molecule has 0 saturated carbocycles. The van der Waals surface area contributed by atoms with Crippen molar-refractivity contribution in [2.75, 3.05) is 13.1 Å². The van der Waals surface area contributed by atoms with Gasteiger partial charge in [-0.25, -0.2) is 4.79 Å². The summed E-state index contributed by atoms with van der Waals surface area (Å²) in [4.78, 5) is 18.5. The molecule has 2 aromatic rings. The first-order chi connectivity index (χ1) is 9.20. The molecule has 1 aliphatic rings. The second-order valence-electron chi connectivity index (χ2n) is 4.85. The zero-order valence-corrected chi connectivity index (χ0v) is 10.9. The Balaban J connectivity index is 2.26. The smallest absolute Gasteiger partial charge is 0.336 e. The topological polar surface area (TPSA) is 53.4 Å². The molecule has 0 bridgehead atoms. The standard InChI is InChI=1S/C15H16N2O2/c1-2-17-8-7-11-13(9-17)16-12-6-4-3-5-10(12)14(11)15(18)19/h3-6H,2,7-9H2,1H3,(H,18,19). The Labute approximate surface area is 111 Å². The van der Waals surface area contributed by atoms with Crippen LogP contribution >= 0.6 is 0 Å². The SMILES string of the molecule is CCN1CCc2c(nc3ccccc3c2C(=O)O)C1. The van der Waals surface area contributed by atoms with Crippen molar-refractivity contribution in [2.45, 2.75) is 19.9 Å². The molecule has 2 heterocycles. The van der Waals surface area contributed by atoms with Crippen LogP contribution in [0.3, 0.4) is 0 Å². The zero-order valence-electron chi connectivity index (χ0n) is 10.9. The molecule has 1 aromatic carbocycles. The fourth-order valence-corrected chi connectivity index (χ4v) is 2.78. The van der Waals surface area contributed by atoms with Gasteiger partial charge in [0.2, 0.25) is 0 Å². The zero-order chi connectivity index (χ0) is 13.4. The Hall–Kier alpha value is -1.94. The highest BCUT2D eigenvalue weighted by molar-refractivity contribution is 6.04. The predicted octanol–water partition coefficient (Wildman–Crippen LogP) is 2.31. The quantitative estimate of drug-likeness (QED) is 0.895. The number of carbonyl (C=O) groups is 1. The molecule has 0 aliphatic carbocycles. The van der Waals surface area contributed by atoms with Gasteiger partial charge in [0.1, 0.15) is 0 Å². The van der Waals surface area contributed by atoms with Gasteiger partial charge in [-0.05, 0) is 24.6 Å². The summed E-state index contributed by atoms with van der Waals surface area (Å²) in [6.45, 7) is 4.74. The lowest BCUT2D eigenvalue weighted by Crippen LogP contribution is -2.32. The van der Waals surface area contributed by atoms with Crippen LogP contribution in [0.4, 0.5) is 0 Å². The van der Waals surface area contributed by atoms with Crippen LogP contribution in [0.25, 0.3) is 10.9 Å². The Morgan fingerprint density at radius 2 is 2.21 bits per heavy atom. The van der Waals surface area contributed by atoms with E-state index in [2.05, 4.69) is 16.8 Å². The molecular weight excluding hydrogens is 240 g/mol. The molecule has 98 valence electrons. The largest absolute Gasteiger partial charge is 0.478 e. The lowest BCUT2D eigenvalue weighted by atomic mass is 9.95. The number of nitrogens with zero attached hydrogens (tertiary/aromatic N) is 2. The summed E-state index contributed by atoms with van der Waals surface area (Å²) in [6, 6.07) is 7.49. The number of rotatable bonds is 2. The maximum absolute atomic E-state index is 11.6. The van der Waals surface area contributed by atoms with Gasteiger partial charge in [-0.15, -0.1) is 0 Å². The molecule has 1 N–H and O–H groups in total. The highest BCUT2D eigenvalue weighted by Gasteiger charge is 2.24. The van der Waals surface area contributed by atoms with E-state index in [0.717, 1.165) is 48.2 Å². The molecule has 0 saturated heterocycles. The van der Waals surface area contributed by atoms with E-state index in [1.54, 1.807) is 0 Å². The van der Waals surface area contributed by atoms with Crippen LogP contribution in [0.15, 0.2) is 24.3 Å². The lowest BCUT2D eigenvalue weighted by Gasteiger charge is -2.28. The third kappa shape index (κ3) is 1.98. The number of carboxylic acids is 1. The molecular formula is C15H16N2O2. The van der Waals surface area contributed by atoms with Crippen LogP contribution in [0.1, 0.15) is 28.5 Å². The Morgan fingerprint density at radius 3 is 2.95 bits per heavy atom. The van der Waals surface area contributed by atoms with Crippen LogP contribution in [0.2, 0.25) is 0 Å². The number of benzene rings is 1. The van der Waals surface area contributed by atoms with Gasteiger partial charge < -0.3 is 5.11 Å². The van der Waals surface area contributed by atoms with E-state index in [9.17, 15) is 9.90 Å². The number of likely N-dealkylation sites (N-methyl/N-ethyl adjacent to an activating group) is 1. The summed E-state index contributed by atoms with van der Waals surface area (Å²) in [5, 5.41) is 10.3. The second kappa shape index (κ2) is 4.63. The van der Waals surface area contributed by atoms with Crippen LogP contribution in [-0.4, -0.2) is 34.0 Å². The number of para-hydroxylation sites is 1. The van der Waals surface area contributed by atoms with Crippen molar-refractivity contribution in [3.63, 3.8) is 0 Å². The first-order valence-corrected chi connectivity index (χ1v) is 6.57. The van der Waals surface area contributed by atoms with Gasteiger partial charge in [0.25, 0.3) is 0 Å². The summed E-state index contributed by atoms with van der Waals surface area (Å²) < 4.78 is 0. The van der Waals surface area contributed by atoms with Gasteiger partial charge in [0, 0.05) is 18.5 Å². The summed E-state index contributed by atoms with van der Waals surface area (Å²) in [6.07, 6.45) is 0.767. The lowest BCUT2D eigenvalue weighted by molar-refractivity contribution is 0.0696. The Kier molecular flexibility index (Phi) is 2.95. The number of aromatic carboxylic acids is 1. The number of carboxylic acid groups (broad SMARTS) is 1. The van der Waals surface area contributed by atoms with Crippen molar-refractivity contribution in [3.05, 3.63) is 41.1 Å². The van der Waals surface area contributed by atoms with Crippen LogP contribution < -0.4 is 0 Å². The molecule has 3 rings (SSSR count). The monoisotopic (exact) mass is 256 g/mol. The van der Waals surface area contributed by atoms with Gasteiger partial charge in [-0.1, -0.05) is 25.1 Å². The van der Waals surface area contributed by atoms with E-state index < -0.39 is 5.97 Å². The van der Waals surface area contributed by atoms with E-state index in [1.165, 1.54) is 0 Å². The van der Waals surface area contributed by atoms with Gasteiger partial charge >= 0.3 is 5.97 Å². The molecule has 1 aliphatic heterocycles. The van der Waals surface area contributed by atoms with Crippen LogP contribution in [0, 0.1) is 0 Å². The third-order valence-corrected chi connectivity index (χ3v) is 3.79. The molecule has 0 atom stereocenters. The number of hydrogen-bond acceptors (Lipinski definition) is 3. The highest BCUT2D eigenvalue weighted by atomic mass is 16.4. The highest BCUT2D eigenvalue weighted by Crippen LogP contribution is 2.27. The average molecular weight is 256 g/mol. The van der Waals surface area contributed by atoms with E-state index in [1.807, 2.05) is 24.3 Å². The fraction of sp³-hybridized carbons (Fsp3) is 0.333. The van der Waals surface area contributed by atoms with E-state index in [0.29, 0.717) is 5.56 Å². The second-order valence-corrected chi connectivity index (χ2v) is 4.85. The number of pyridine rings is 1. The first kappa shape index (κ1) is 12.1. The Bertz CT molecular complexity index is 652. The minimum absolute atomic E-state index is 0.441. The van der Waals surface area contributed by atoms with Crippen LogP contribution in [-0.2, 0) is 13.0 Å². The predicted molar refractivity (Wildman–Crippen MR) is 73.4 cm³/mol. The third-order valence-electron chi connectivity index (χ3n) is 3.79. The minimum Gasteiger partial charge on any atom is -0.478 e.